The minimum Gasteiger partial charge on any atom is -0.283 e. The van der Waals surface area contributed by atoms with E-state index in [4.69, 9.17) is 16.6 Å². The molecule has 0 atom stereocenters. The fraction of sp³-hybridized carbons (Fsp3) is 0.286. The molecule has 0 unspecified atom stereocenters. The molecular weight excluding hydrogens is 420 g/mol. The van der Waals surface area contributed by atoms with E-state index in [1.165, 1.54) is 11.8 Å². The summed E-state index contributed by atoms with van der Waals surface area (Å²) in [4.78, 5) is 18.0. The second kappa shape index (κ2) is 9.40. The number of unbranched alkanes of at least 4 members (excludes halogenated alkanes) is 1. The monoisotopic (exact) mass is 440 g/mol. The summed E-state index contributed by atoms with van der Waals surface area (Å²) in [6, 6.07) is 14.9. The third-order valence-corrected chi connectivity index (χ3v) is 6.11. The van der Waals surface area contributed by atoms with Crippen LogP contribution >= 0.6 is 23.4 Å². The van der Waals surface area contributed by atoms with Crippen LogP contribution in [0, 0.1) is 0 Å². The quantitative estimate of drug-likeness (QED) is 0.302. The molecule has 0 aliphatic carbocycles. The first kappa shape index (κ1) is 20.6. The predicted octanol–water partition coefficient (Wildman–Crippen LogP) is 4.18. The molecule has 9 heteroatoms. The maximum absolute atomic E-state index is 13.3. The molecule has 2 aromatic carbocycles. The molecule has 4 aromatic rings. The van der Waals surface area contributed by atoms with Gasteiger partial charge in [-0.1, -0.05) is 67.0 Å². The Balaban J connectivity index is 1.70. The Morgan fingerprint density at radius 3 is 2.73 bits per heavy atom. The Kier molecular flexibility index (Phi) is 6.44. The number of hydrogen-bond donors (Lipinski definition) is 0. The topological polar surface area (TPSA) is 78.5 Å². The summed E-state index contributed by atoms with van der Waals surface area (Å²) in [6.07, 6.45) is 2.07. The van der Waals surface area contributed by atoms with Gasteiger partial charge in [-0.15, -0.1) is 5.10 Å². The van der Waals surface area contributed by atoms with E-state index in [0.717, 1.165) is 30.8 Å². The van der Waals surface area contributed by atoms with Gasteiger partial charge in [-0.3, -0.25) is 9.36 Å². The molecule has 7 nitrogen and oxygen atoms in total. The van der Waals surface area contributed by atoms with Gasteiger partial charge >= 0.3 is 0 Å². The van der Waals surface area contributed by atoms with Gasteiger partial charge in [0.05, 0.1) is 23.2 Å². The van der Waals surface area contributed by atoms with Gasteiger partial charge in [-0.2, -0.15) is 0 Å². The summed E-state index contributed by atoms with van der Waals surface area (Å²) >= 11 is 7.80. The molecule has 0 saturated carbocycles. The van der Waals surface area contributed by atoms with E-state index in [-0.39, 0.29) is 5.56 Å². The summed E-state index contributed by atoms with van der Waals surface area (Å²) in [5, 5.41) is 13.8. The van der Waals surface area contributed by atoms with Crippen LogP contribution in [0.4, 0.5) is 0 Å². The van der Waals surface area contributed by atoms with Gasteiger partial charge in [0.2, 0.25) is 0 Å². The van der Waals surface area contributed by atoms with Crippen LogP contribution in [0.5, 0.6) is 0 Å². The van der Waals surface area contributed by atoms with Crippen molar-refractivity contribution in [1.29, 1.82) is 0 Å². The molecule has 30 heavy (non-hydrogen) atoms. The van der Waals surface area contributed by atoms with Gasteiger partial charge in [0.15, 0.2) is 11.0 Å². The minimum absolute atomic E-state index is 0.0893. The molecule has 0 spiro atoms. The van der Waals surface area contributed by atoms with Crippen molar-refractivity contribution >= 4 is 34.3 Å². The van der Waals surface area contributed by atoms with Gasteiger partial charge in [0.1, 0.15) is 0 Å². The molecule has 0 fully saturated rings. The highest BCUT2D eigenvalue weighted by Gasteiger charge is 2.15. The molecule has 0 N–H and O–H groups in total. The first-order valence-electron chi connectivity index (χ1n) is 9.78. The molecule has 2 aromatic heterocycles. The Morgan fingerprint density at radius 2 is 1.90 bits per heavy atom. The third-order valence-electron chi connectivity index (χ3n) is 4.77. The largest absolute Gasteiger partial charge is 0.283 e. The molecule has 0 bridgehead atoms. The van der Waals surface area contributed by atoms with Crippen molar-refractivity contribution in [1.82, 2.24) is 29.8 Å². The number of tetrazole rings is 1. The molecular formula is C21H21ClN6OS. The number of rotatable bonds is 8. The average molecular weight is 441 g/mol. The Hall–Kier alpha value is -2.71. The van der Waals surface area contributed by atoms with E-state index >= 15 is 0 Å². The Morgan fingerprint density at radius 1 is 1.10 bits per heavy atom. The zero-order chi connectivity index (χ0) is 20.9. The summed E-state index contributed by atoms with van der Waals surface area (Å²) in [5.74, 6) is 1.28. The smallest absolute Gasteiger partial charge is 0.262 e. The molecule has 0 aliphatic heterocycles. The van der Waals surface area contributed by atoms with Gasteiger partial charge < -0.3 is 0 Å². The van der Waals surface area contributed by atoms with E-state index in [1.54, 1.807) is 10.6 Å². The number of aryl methyl sites for hydroxylation is 1. The van der Waals surface area contributed by atoms with Crippen LogP contribution in [0.1, 0.15) is 31.2 Å². The summed E-state index contributed by atoms with van der Waals surface area (Å²) < 4.78 is 3.49. The zero-order valence-corrected chi connectivity index (χ0v) is 18.1. The van der Waals surface area contributed by atoms with Gasteiger partial charge in [-0.25, -0.2) is 9.67 Å². The number of fused-ring (bicyclic) bond motifs is 1. The average Bonchev–Trinajstić information content (AvgIpc) is 3.21. The number of thioether (sulfide) groups is 1. The van der Waals surface area contributed by atoms with E-state index in [9.17, 15) is 4.79 Å². The highest BCUT2D eigenvalue weighted by Crippen LogP contribution is 2.24. The number of hydrogen-bond acceptors (Lipinski definition) is 6. The van der Waals surface area contributed by atoms with Gasteiger partial charge in [0.25, 0.3) is 5.56 Å². The summed E-state index contributed by atoms with van der Waals surface area (Å²) in [7, 11) is 0. The Labute approximate surface area is 183 Å². The van der Waals surface area contributed by atoms with Crippen molar-refractivity contribution in [2.75, 3.05) is 0 Å². The summed E-state index contributed by atoms with van der Waals surface area (Å²) in [6.45, 7) is 3.25. The molecule has 0 aliphatic rings. The lowest BCUT2D eigenvalue weighted by Gasteiger charge is -2.14. The van der Waals surface area contributed by atoms with E-state index < -0.39 is 0 Å². The highest BCUT2D eigenvalue weighted by molar-refractivity contribution is 7.98. The molecule has 2 heterocycles. The van der Waals surface area contributed by atoms with Crippen LogP contribution in [0.15, 0.2) is 58.5 Å². The van der Waals surface area contributed by atoms with Crippen LogP contribution in [0.3, 0.4) is 0 Å². The lowest BCUT2D eigenvalue weighted by molar-refractivity contribution is 0.540. The first-order valence-corrected chi connectivity index (χ1v) is 11.1. The van der Waals surface area contributed by atoms with E-state index in [1.807, 2.05) is 47.1 Å². The number of aromatic nitrogens is 6. The second-order valence-corrected chi connectivity index (χ2v) is 8.20. The van der Waals surface area contributed by atoms with Crippen LogP contribution in [-0.4, -0.2) is 29.8 Å². The molecule has 4 rings (SSSR count). The van der Waals surface area contributed by atoms with Crippen molar-refractivity contribution in [3.63, 3.8) is 0 Å². The number of benzene rings is 2. The van der Waals surface area contributed by atoms with Crippen LogP contribution in [0.25, 0.3) is 10.9 Å². The standard InChI is InChI=1S/C21H21ClN6OS/c1-2-3-12-28-19(24-25-26-28)14-30-21-23-18-11-7-5-9-16(18)20(29)27(21)13-15-8-4-6-10-17(15)22/h4-11H,2-3,12-14H2,1H3. The predicted molar refractivity (Wildman–Crippen MR) is 119 cm³/mol. The van der Waals surface area contributed by atoms with Crippen LogP contribution < -0.4 is 5.56 Å². The maximum Gasteiger partial charge on any atom is 0.262 e. The zero-order valence-electron chi connectivity index (χ0n) is 16.5. The number of halogens is 1. The number of nitrogens with zero attached hydrogens (tertiary/aromatic N) is 6. The van der Waals surface area contributed by atoms with Crippen LogP contribution in [0.2, 0.25) is 5.02 Å². The Bertz CT molecular complexity index is 1220. The third kappa shape index (κ3) is 4.39. The number of para-hydroxylation sites is 1. The molecule has 154 valence electrons. The highest BCUT2D eigenvalue weighted by atomic mass is 35.5. The fourth-order valence-corrected chi connectivity index (χ4v) is 4.26. The first-order chi connectivity index (χ1) is 14.7. The van der Waals surface area contributed by atoms with Gasteiger partial charge in [-0.05, 0) is 40.6 Å². The van der Waals surface area contributed by atoms with E-state index in [0.29, 0.717) is 33.4 Å². The molecule has 0 saturated heterocycles. The van der Waals surface area contributed by atoms with Crippen molar-refractivity contribution in [2.24, 2.45) is 0 Å². The lowest BCUT2D eigenvalue weighted by Crippen LogP contribution is -2.24. The van der Waals surface area contributed by atoms with Crippen molar-refractivity contribution in [2.45, 2.75) is 43.8 Å². The molecule has 0 radical (unpaired) electrons. The van der Waals surface area contributed by atoms with E-state index in [2.05, 4.69) is 22.4 Å². The van der Waals surface area contributed by atoms with Crippen LogP contribution in [-0.2, 0) is 18.8 Å². The second-order valence-electron chi connectivity index (χ2n) is 6.85. The SMILES string of the molecule is CCCCn1nnnc1CSc1nc2ccccc2c(=O)n1Cc1ccccc1Cl. The fourth-order valence-electron chi connectivity index (χ4n) is 3.13. The minimum atomic E-state index is -0.0893. The normalized spacial score (nSPS) is 11.3. The molecule has 0 amide bonds. The van der Waals surface area contributed by atoms with Crippen molar-refractivity contribution < 1.29 is 0 Å². The van der Waals surface area contributed by atoms with Crippen molar-refractivity contribution in [3.8, 4) is 0 Å². The summed E-state index contributed by atoms with van der Waals surface area (Å²) in [5.41, 5.74) is 1.45. The van der Waals surface area contributed by atoms with Gasteiger partial charge in [0, 0.05) is 11.6 Å². The maximum atomic E-state index is 13.3. The lowest BCUT2D eigenvalue weighted by atomic mass is 10.2. The van der Waals surface area contributed by atoms with Crippen molar-refractivity contribution in [3.05, 3.63) is 75.3 Å².